The number of terminal acetylenes is 1. The van der Waals surface area contributed by atoms with Crippen LogP contribution in [0, 0.1) is 12.3 Å². The van der Waals surface area contributed by atoms with Crippen molar-refractivity contribution >= 4 is 21.6 Å². The van der Waals surface area contributed by atoms with Gasteiger partial charge >= 0.3 is 0 Å². The van der Waals surface area contributed by atoms with E-state index in [9.17, 15) is 0 Å². The highest BCUT2D eigenvalue weighted by atomic mass is 79.9. The van der Waals surface area contributed by atoms with E-state index in [-0.39, 0.29) is 0 Å². The zero-order chi connectivity index (χ0) is 13.5. The van der Waals surface area contributed by atoms with Gasteiger partial charge in [0.1, 0.15) is 0 Å². The number of halogens is 1. The second kappa shape index (κ2) is 7.45. The molecule has 0 saturated carbocycles. The van der Waals surface area contributed by atoms with E-state index < -0.39 is 0 Å². The standard InChI is InChI=1S/C15H21BrN2/c1-5-9-18(10-6-2)15-8-7-13(11-14(15)16)12(3)17-4/h1,7-8,11-12,17H,6,9-10H2,2-4H3. The van der Waals surface area contributed by atoms with Crippen LogP contribution in [0.4, 0.5) is 5.69 Å². The van der Waals surface area contributed by atoms with Crippen LogP contribution < -0.4 is 10.2 Å². The Kier molecular flexibility index (Phi) is 6.24. The Labute approximate surface area is 119 Å². The van der Waals surface area contributed by atoms with Crippen LogP contribution >= 0.6 is 15.9 Å². The zero-order valence-corrected chi connectivity index (χ0v) is 12.9. The summed E-state index contributed by atoms with van der Waals surface area (Å²) in [7, 11) is 1.97. The van der Waals surface area contributed by atoms with E-state index in [1.807, 2.05) is 7.05 Å². The molecule has 1 aromatic carbocycles. The minimum Gasteiger partial charge on any atom is -0.359 e. The van der Waals surface area contributed by atoms with E-state index in [1.165, 1.54) is 11.3 Å². The van der Waals surface area contributed by atoms with Crippen molar-refractivity contribution in [2.75, 3.05) is 25.0 Å². The predicted molar refractivity (Wildman–Crippen MR) is 83.0 cm³/mol. The average molecular weight is 309 g/mol. The third kappa shape index (κ3) is 3.76. The van der Waals surface area contributed by atoms with E-state index in [2.05, 4.69) is 64.1 Å². The molecule has 18 heavy (non-hydrogen) atoms. The number of nitrogens with zero attached hydrogens (tertiary/aromatic N) is 1. The zero-order valence-electron chi connectivity index (χ0n) is 11.3. The van der Waals surface area contributed by atoms with Gasteiger partial charge in [0.2, 0.25) is 0 Å². The average Bonchev–Trinajstić information content (AvgIpc) is 2.37. The lowest BCUT2D eigenvalue weighted by molar-refractivity contribution is 0.652. The monoisotopic (exact) mass is 308 g/mol. The van der Waals surface area contributed by atoms with Crippen molar-refractivity contribution in [2.45, 2.75) is 26.3 Å². The molecule has 0 saturated heterocycles. The third-order valence-corrected chi connectivity index (χ3v) is 3.66. The first-order valence-corrected chi connectivity index (χ1v) is 7.08. The molecule has 1 aromatic rings. The molecule has 0 amide bonds. The second-order valence-corrected chi connectivity index (χ2v) is 5.20. The number of hydrogen-bond donors (Lipinski definition) is 1. The van der Waals surface area contributed by atoms with Gasteiger partial charge in [0.05, 0.1) is 12.2 Å². The van der Waals surface area contributed by atoms with Crippen LogP contribution in [0.5, 0.6) is 0 Å². The van der Waals surface area contributed by atoms with Crippen molar-refractivity contribution in [3.8, 4) is 12.3 Å². The lowest BCUT2D eigenvalue weighted by atomic mass is 10.1. The molecule has 1 N–H and O–H groups in total. The van der Waals surface area contributed by atoms with E-state index in [0.29, 0.717) is 12.6 Å². The molecule has 98 valence electrons. The van der Waals surface area contributed by atoms with E-state index in [4.69, 9.17) is 6.42 Å². The van der Waals surface area contributed by atoms with Crippen molar-refractivity contribution in [1.29, 1.82) is 0 Å². The number of nitrogens with one attached hydrogen (secondary N) is 1. The van der Waals surface area contributed by atoms with Crippen molar-refractivity contribution in [3.05, 3.63) is 28.2 Å². The highest BCUT2D eigenvalue weighted by molar-refractivity contribution is 9.10. The summed E-state index contributed by atoms with van der Waals surface area (Å²) in [6.45, 7) is 5.93. The van der Waals surface area contributed by atoms with Gasteiger partial charge in [-0.05, 0) is 54.0 Å². The van der Waals surface area contributed by atoms with Crippen molar-refractivity contribution in [1.82, 2.24) is 5.32 Å². The van der Waals surface area contributed by atoms with Crippen LogP contribution in [-0.2, 0) is 0 Å². The Balaban J connectivity index is 2.99. The highest BCUT2D eigenvalue weighted by Crippen LogP contribution is 2.29. The third-order valence-electron chi connectivity index (χ3n) is 3.02. The van der Waals surface area contributed by atoms with Gasteiger partial charge in [-0.2, -0.15) is 0 Å². The van der Waals surface area contributed by atoms with Crippen molar-refractivity contribution in [3.63, 3.8) is 0 Å². The summed E-state index contributed by atoms with van der Waals surface area (Å²) in [6.07, 6.45) is 6.52. The Hall–Kier alpha value is -0.980. The smallest absolute Gasteiger partial charge is 0.0792 e. The summed E-state index contributed by atoms with van der Waals surface area (Å²) in [5, 5.41) is 3.24. The molecule has 1 unspecified atom stereocenters. The molecule has 0 bridgehead atoms. The lowest BCUT2D eigenvalue weighted by Gasteiger charge is -2.24. The van der Waals surface area contributed by atoms with Gasteiger partial charge in [-0.15, -0.1) is 6.42 Å². The molecule has 0 aliphatic heterocycles. The Morgan fingerprint density at radius 2 is 2.22 bits per heavy atom. The summed E-state index contributed by atoms with van der Waals surface area (Å²) >= 11 is 3.65. The van der Waals surface area contributed by atoms with Crippen molar-refractivity contribution < 1.29 is 0 Å². The first-order valence-electron chi connectivity index (χ1n) is 6.29. The summed E-state index contributed by atoms with van der Waals surface area (Å²) in [5.74, 6) is 2.72. The van der Waals surface area contributed by atoms with Crippen LogP contribution in [0.1, 0.15) is 31.9 Å². The van der Waals surface area contributed by atoms with Crippen LogP contribution in [0.3, 0.4) is 0 Å². The first-order chi connectivity index (χ1) is 8.63. The summed E-state index contributed by atoms with van der Waals surface area (Å²) in [6, 6.07) is 6.80. The molecule has 0 radical (unpaired) electrons. The van der Waals surface area contributed by atoms with Gasteiger partial charge in [0, 0.05) is 17.1 Å². The maximum atomic E-state index is 5.43. The Morgan fingerprint density at radius 3 is 2.72 bits per heavy atom. The number of rotatable bonds is 6. The molecule has 0 heterocycles. The summed E-state index contributed by atoms with van der Waals surface area (Å²) in [5.41, 5.74) is 2.44. The molecular weight excluding hydrogens is 288 g/mol. The molecule has 0 aliphatic rings. The maximum Gasteiger partial charge on any atom is 0.0792 e. The summed E-state index contributed by atoms with van der Waals surface area (Å²) in [4.78, 5) is 2.22. The fourth-order valence-corrected chi connectivity index (χ4v) is 2.53. The molecule has 2 nitrogen and oxygen atoms in total. The van der Waals surface area contributed by atoms with Gasteiger partial charge in [0.25, 0.3) is 0 Å². The summed E-state index contributed by atoms with van der Waals surface area (Å²) < 4.78 is 1.10. The molecule has 0 aliphatic carbocycles. The number of benzene rings is 1. The van der Waals surface area contributed by atoms with Gasteiger partial charge < -0.3 is 10.2 Å². The molecule has 1 atom stereocenters. The molecular formula is C15H21BrN2. The molecule has 0 fully saturated rings. The topological polar surface area (TPSA) is 15.3 Å². The second-order valence-electron chi connectivity index (χ2n) is 4.35. The van der Waals surface area contributed by atoms with Gasteiger partial charge in [0.15, 0.2) is 0 Å². The van der Waals surface area contributed by atoms with Gasteiger partial charge in [-0.3, -0.25) is 0 Å². The van der Waals surface area contributed by atoms with Gasteiger partial charge in [-0.25, -0.2) is 0 Å². The van der Waals surface area contributed by atoms with Crippen LogP contribution in [-0.4, -0.2) is 20.1 Å². The highest BCUT2D eigenvalue weighted by Gasteiger charge is 2.10. The normalized spacial score (nSPS) is 11.9. The lowest BCUT2D eigenvalue weighted by Crippen LogP contribution is -2.24. The van der Waals surface area contributed by atoms with Crippen LogP contribution in [0.15, 0.2) is 22.7 Å². The number of anilines is 1. The molecule has 1 rings (SSSR count). The largest absolute Gasteiger partial charge is 0.359 e. The minimum atomic E-state index is 0.350. The molecule has 0 aromatic heterocycles. The number of hydrogen-bond acceptors (Lipinski definition) is 2. The predicted octanol–water partition coefficient (Wildman–Crippen LogP) is 3.58. The SMILES string of the molecule is C#CCN(CCC)c1ccc(C(C)NC)cc1Br. The first kappa shape index (κ1) is 15.1. The molecule has 3 heteroatoms. The fraction of sp³-hybridized carbons (Fsp3) is 0.467. The van der Waals surface area contributed by atoms with E-state index in [1.54, 1.807) is 0 Å². The van der Waals surface area contributed by atoms with E-state index in [0.717, 1.165) is 17.4 Å². The fourth-order valence-electron chi connectivity index (χ4n) is 1.88. The quantitative estimate of drug-likeness (QED) is 0.808. The Bertz CT molecular complexity index is 423. The van der Waals surface area contributed by atoms with Crippen LogP contribution in [0.2, 0.25) is 0 Å². The van der Waals surface area contributed by atoms with Crippen molar-refractivity contribution in [2.24, 2.45) is 0 Å². The van der Waals surface area contributed by atoms with Crippen LogP contribution in [0.25, 0.3) is 0 Å². The Morgan fingerprint density at radius 1 is 1.50 bits per heavy atom. The minimum absolute atomic E-state index is 0.350. The molecule has 0 spiro atoms. The van der Waals surface area contributed by atoms with Gasteiger partial charge in [-0.1, -0.05) is 18.9 Å². The maximum absolute atomic E-state index is 5.43. The van der Waals surface area contributed by atoms with E-state index >= 15 is 0 Å².